The van der Waals surface area contributed by atoms with Crippen molar-refractivity contribution in [3.05, 3.63) is 23.0 Å². The smallest absolute Gasteiger partial charge is 0.271 e. The van der Waals surface area contributed by atoms with Gasteiger partial charge in [0.05, 0.1) is 17.9 Å². The van der Waals surface area contributed by atoms with Crippen molar-refractivity contribution < 1.29 is 4.79 Å². The number of hydrogen-bond acceptors (Lipinski definition) is 6. The summed E-state index contributed by atoms with van der Waals surface area (Å²) in [6.45, 7) is 0.425. The highest BCUT2D eigenvalue weighted by atomic mass is 32.1. The van der Waals surface area contributed by atoms with Crippen molar-refractivity contribution in [2.24, 2.45) is 5.73 Å². The first-order valence-electron chi connectivity index (χ1n) is 4.05. The Morgan fingerprint density at radius 2 is 2.40 bits per heavy atom. The third-order valence-electron chi connectivity index (χ3n) is 1.75. The molecule has 0 bridgehead atoms. The third-order valence-corrected chi connectivity index (χ3v) is 2.31. The fourth-order valence-corrected chi connectivity index (χ4v) is 1.57. The largest absolute Gasteiger partial charge is 0.396 e. The number of carbonyl (C=O) groups is 1. The predicted molar refractivity (Wildman–Crippen MR) is 54.2 cm³/mol. The fourth-order valence-electron chi connectivity index (χ4n) is 1.13. The lowest BCUT2D eigenvalue weighted by Crippen LogP contribution is -2.14. The van der Waals surface area contributed by atoms with Gasteiger partial charge in [0.15, 0.2) is 5.69 Å². The van der Waals surface area contributed by atoms with Crippen LogP contribution in [0.1, 0.15) is 16.2 Å². The molecule has 0 radical (unpaired) electrons. The summed E-state index contributed by atoms with van der Waals surface area (Å²) in [7, 11) is 0. The van der Waals surface area contributed by atoms with Crippen molar-refractivity contribution in [3.63, 3.8) is 0 Å². The van der Waals surface area contributed by atoms with Gasteiger partial charge in [0.25, 0.3) is 5.91 Å². The summed E-state index contributed by atoms with van der Waals surface area (Å²) in [6, 6.07) is 0. The molecule has 78 valence electrons. The van der Waals surface area contributed by atoms with E-state index in [1.807, 2.05) is 0 Å². The topological polar surface area (TPSA) is 113 Å². The highest BCUT2D eigenvalue weighted by Crippen LogP contribution is 2.09. The van der Waals surface area contributed by atoms with E-state index in [4.69, 9.17) is 11.5 Å². The second kappa shape index (κ2) is 3.65. The summed E-state index contributed by atoms with van der Waals surface area (Å²) in [6.07, 6.45) is 1.54. The molecule has 0 atom stereocenters. The fraction of sp³-hybridized carbons (Fsp3) is 0.143. The Morgan fingerprint density at radius 3 is 2.93 bits per heavy atom. The van der Waals surface area contributed by atoms with E-state index in [0.717, 1.165) is 5.69 Å². The minimum absolute atomic E-state index is 0.0817. The Balaban J connectivity index is 2.23. The highest BCUT2D eigenvalue weighted by molar-refractivity contribution is 7.03. The summed E-state index contributed by atoms with van der Waals surface area (Å²) < 4.78 is 5.22. The molecule has 2 rings (SSSR count). The molecule has 15 heavy (non-hydrogen) atoms. The molecule has 0 spiro atoms. The molecule has 0 fully saturated rings. The molecule has 0 aliphatic carbocycles. The lowest BCUT2D eigenvalue weighted by molar-refractivity contribution is 0.0995. The monoisotopic (exact) mass is 224 g/mol. The molecule has 0 unspecified atom stereocenters. The van der Waals surface area contributed by atoms with Gasteiger partial charge in [0.2, 0.25) is 0 Å². The molecule has 2 aromatic heterocycles. The normalized spacial score (nSPS) is 10.4. The number of amides is 1. The standard InChI is InChI=1S/C7H8N6OS/c8-5-2-13(11-6(5)7(9)14)1-4-3-15-12-10-4/h2-3H,1,8H2,(H2,9,14). The van der Waals surface area contributed by atoms with Crippen molar-refractivity contribution in [1.82, 2.24) is 19.4 Å². The number of nitrogens with two attached hydrogens (primary N) is 2. The lowest BCUT2D eigenvalue weighted by atomic mass is 10.4. The molecule has 0 saturated carbocycles. The Labute approximate surface area is 88.9 Å². The first-order chi connectivity index (χ1) is 7.16. The van der Waals surface area contributed by atoms with E-state index in [1.54, 1.807) is 11.6 Å². The van der Waals surface area contributed by atoms with Crippen LogP contribution in [0.25, 0.3) is 0 Å². The number of carbonyl (C=O) groups excluding carboxylic acids is 1. The van der Waals surface area contributed by atoms with Gasteiger partial charge in [-0.05, 0) is 11.5 Å². The van der Waals surface area contributed by atoms with Crippen molar-refractivity contribution in [2.45, 2.75) is 6.54 Å². The van der Waals surface area contributed by atoms with E-state index in [-0.39, 0.29) is 11.4 Å². The number of primary amides is 1. The number of hydrogen-bond donors (Lipinski definition) is 2. The van der Waals surface area contributed by atoms with E-state index >= 15 is 0 Å². The molecule has 1 amide bonds. The van der Waals surface area contributed by atoms with Crippen LogP contribution in [0.5, 0.6) is 0 Å². The zero-order valence-corrected chi connectivity index (χ0v) is 8.44. The van der Waals surface area contributed by atoms with Gasteiger partial charge in [-0.25, -0.2) is 0 Å². The average molecular weight is 224 g/mol. The van der Waals surface area contributed by atoms with E-state index in [2.05, 4.69) is 14.7 Å². The SMILES string of the molecule is NC(=O)c1nn(Cc2csnn2)cc1N. The van der Waals surface area contributed by atoms with Gasteiger partial charge in [-0.15, -0.1) is 5.10 Å². The molecular formula is C7H8N6OS. The molecule has 7 nitrogen and oxygen atoms in total. The Kier molecular flexibility index (Phi) is 2.34. The summed E-state index contributed by atoms with van der Waals surface area (Å²) in [4.78, 5) is 10.9. The second-order valence-corrected chi connectivity index (χ2v) is 3.50. The van der Waals surface area contributed by atoms with Gasteiger partial charge >= 0.3 is 0 Å². The number of nitrogens with zero attached hydrogens (tertiary/aromatic N) is 4. The molecule has 2 heterocycles. The van der Waals surface area contributed by atoms with Crippen molar-refractivity contribution in [2.75, 3.05) is 5.73 Å². The number of anilines is 1. The van der Waals surface area contributed by atoms with Gasteiger partial charge in [-0.1, -0.05) is 4.49 Å². The van der Waals surface area contributed by atoms with Crippen LogP contribution >= 0.6 is 11.5 Å². The van der Waals surface area contributed by atoms with Crippen molar-refractivity contribution in [1.29, 1.82) is 0 Å². The van der Waals surface area contributed by atoms with Crippen LogP contribution in [0.3, 0.4) is 0 Å². The minimum atomic E-state index is -0.636. The molecule has 0 aliphatic heterocycles. The van der Waals surface area contributed by atoms with Gasteiger partial charge in [0.1, 0.15) is 0 Å². The van der Waals surface area contributed by atoms with E-state index < -0.39 is 5.91 Å². The zero-order valence-electron chi connectivity index (χ0n) is 7.62. The third kappa shape index (κ3) is 1.94. The second-order valence-electron chi connectivity index (χ2n) is 2.89. The quantitative estimate of drug-likeness (QED) is 0.727. The molecule has 8 heteroatoms. The van der Waals surface area contributed by atoms with E-state index in [9.17, 15) is 4.79 Å². The average Bonchev–Trinajstić information content (AvgIpc) is 2.75. The van der Waals surface area contributed by atoms with E-state index in [1.165, 1.54) is 16.2 Å². The van der Waals surface area contributed by atoms with Crippen LogP contribution in [-0.4, -0.2) is 25.3 Å². The van der Waals surface area contributed by atoms with Crippen LogP contribution in [0.2, 0.25) is 0 Å². The van der Waals surface area contributed by atoms with Crippen molar-refractivity contribution >= 4 is 23.1 Å². The Hall–Kier alpha value is -1.96. The molecule has 2 aromatic rings. The Bertz CT molecular complexity index is 476. The summed E-state index contributed by atoms with van der Waals surface area (Å²) in [5.74, 6) is -0.636. The number of aromatic nitrogens is 4. The minimum Gasteiger partial charge on any atom is -0.396 e. The first-order valence-corrected chi connectivity index (χ1v) is 4.89. The maximum Gasteiger partial charge on any atom is 0.271 e. The van der Waals surface area contributed by atoms with Crippen LogP contribution in [-0.2, 0) is 6.54 Å². The molecule has 0 aromatic carbocycles. The zero-order chi connectivity index (χ0) is 10.8. The van der Waals surface area contributed by atoms with E-state index in [0.29, 0.717) is 6.54 Å². The maximum atomic E-state index is 10.9. The molecule has 0 saturated heterocycles. The van der Waals surface area contributed by atoms with Crippen molar-refractivity contribution in [3.8, 4) is 0 Å². The van der Waals surface area contributed by atoms with Gasteiger partial charge in [-0.3, -0.25) is 9.48 Å². The van der Waals surface area contributed by atoms with Crippen LogP contribution < -0.4 is 11.5 Å². The van der Waals surface area contributed by atoms with Gasteiger partial charge < -0.3 is 11.5 Å². The predicted octanol–water partition coefficient (Wildman–Crippen LogP) is -0.536. The summed E-state index contributed by atoms with van der Waals surface area (Å²) >= 11 is 1.25. The first kappa shape index (κ1) is 9.59. The summed E-state index contributed by atoms with van der Waals surface area (Å²) in [5.41, 5.74) is 11.7. The van der Waals surface area contributed by atoms with Gasteiger partial charge in [-0.2, -0.15) is 5.10 Å². The molecular weight excluding hydrogens is 216 g/mol. The molecule has 4 N–H and O–H groups in total. The number of nitrogen functional groups attached to an aromatic ring is 1. The highest BCUT2D eigenvalue weighted by Gasteiger charge is 2.11. The van der Waals surface area contributed by atoms with Crippen LogP contribution in [0, 0.1) is 0 Å². The summed E-state index contributed by atoms with van der Waals surface area (Å²) in [5, 5.41) is 9.58. The Morgan fingerprint density at radius 1 is 1.60 bits per heavy atom. The van der Waals surface area contributed by atoms with Crippen LogP contribution in [0.4, 0.5) is 5.69 Å². The maximum absolute atomic E-state index is 10.9. The van der Waals surface area contributed by atoms with Crippen LogP contribution in [0.15, 0.2) is 11.6 Å². The molecule has 0 aliphatic rings. The number of rotatable bonds is 3. The lowest BCUT2D eigenvalue weighted by Gasteiger charge is -1.94. The van der Waals surface area contributed by atoms with Gasteiger partial charge in [0, 0.05) is 11.6 Å².